The molecular formula is C14H14IN3O3. The number of aromatic nitrogens is 3. The van der Waals surface area contributed by atoms with Gasteiger partial charge in [0.05, 0.1) is 6.26 Å². The van der Waals surface area contributed by atoms with E-state index in [1.165, 1.54) is 9.36 Å². The maximum absolute atomic E-state index is 11.7. The molecule has 0 spiro atoms. The molecule has 0 aliphatic rings. The molecule has 0 aliphatic carbocycles. The number of furan rings is 1. The number of nitrogens with one attached hydrogen (secondary N) is 1. The van der Waals surface area contributed by atoms with Crippen molar-refractivity contribution >= 4 is 22.6 Å². The molecule has 0 amide bonds. The molecule has 0 bridgehead atoms. The first-order valence-electron chi connectivity index (χ1n) is 6.35. The van der Waals surface area contributed by atoms with Crippen LogP contribution in [0.25, 0.3) is 5.69 Å². The van der Waals surface area contributed by atoms with E-state index in [0.29, 0.717) is 11.4 Å². The largest absolute Gasteiger partial charge is 0.485 e. The van der Waals surface area contributed by atoms with Gasteiger partial charge in [-0.1, -0.05) is 0 Å². The highest BCUT2D eigenvalue weighted by molar-refractivity contribution is 14.1. The maximum atomic E-state index is 11.7. The molecule has 0 saturated carbocycles. The third-order valence-electron chi connectivity index (χ3n) is 3.19. The van der Waals surface area contributed by atoms with E-state index >= 15 is 0 Å². The second kappa shape index (κ2) is 5.47. The Morgan fingerprint density at radius 1 is 1.38 bits per heavy atom. The fraction of sp³-hybridized carbons (Fsp3) is 0.214. The molecular weight excluding hydrogens is 385 g/mol. The second-order valence-electron chi connectivity index (χ2n) is 4.70. The zero-order valence-electron chi connectivity index (χ0n) is 11.6. The molecule has 0 aliphatic heterocycles. The molecule has 1 aromatic carbocycles. The standard InChI is InChI=1S/C14H14IN3O3/c1-9-7-10(15)3-4-12(9)21-8-13-11(5-6-20-13)18-14(19)17(2)16-18/h3-7,16H,8H2,1-2H3. The van der Waals surface area contributed by atoms with E-state index in [1.807, 2.05) is 19.1 Å². The van der Waals surface area contributed by atoms with Crippen LogP contribution in [0.5, 0.6) is 5.75 Å². The molecule has 1 N–H and O–H groups in total. The SMILES string of the molecule is Cc1cc(I)ccc1OCc1occc1-n1[nH]n(C)c1=O. The van der Waals surface area contributed by atoms with Crippen LogP contribution < -0.4 is 10.4 Å². The van der Waals surface area contributed by atoms with Gasteiger partial charge in [-0.15, -0.1) is 0 Å². The van der Waals surface area contributed by atoms with Crippen LogP contribution in [-0.4, -0.2) is 14.6 Å². The van der Waals surface area contributed by atoms with Gasteiger partial charge in [0, 0.05) is 16.7 Å². The Kier molecular flexibility index (Phi) is 3.66. The number of rotatable bonds is 4. The Morgan fingerprint density at radius 3 is 2.86 bits per heavy atom. The minimum Gasteiger partial charge on any atom is -0.485 e. The number of H-pyrrole nitrogens is 1. The predicted molar refractivity (Wildman–Crippen MR) is 85.9 cm³/mol. The van der Waals surface area contributed by atoms with Gasteiger partial charge in [0.1, 0.15) is 18.0 Å². The van der Waals surface area contributed by atoms with Gasteiger partial charge in [-0.25, -0.2) is 14.7 Å². The van der Waals surface area contributed by atoms with Crippen LogP contribution in [-0.2, 0) is 13.7 Å². The highest BCUT2D eigenvalue weighted by Gasteiger charge is 2.15. The summed E-state index contributed by atoms with van der Waals surface area (Å²) in [7, 11) is 1.66. The average molecular weight is 399 g/mol. The highest BCUT2D eigenvalue weighted by Crippen LogP contribution is 2.22. The first-order chi connectivity index (χ1) is 10.1. The van der Waals surface area contributed by atoms with Gasteiger partial charge >= 0.3 is 5.69 Å². The van der Waals surface area contributed by atoms with Gasteiger partial charge in [-0.05, 0) is 53.3 Å². The van der Waals surface area contributed by atoms with Crippen LogP contribution in [0.2, 0.25) is 0 Å². The average Bonchev–Trinajstić information content (AvgIpc) is 2.91. The summed E-state index contributed by atoms with van der Waals surface area (Å²) >= 11 is 2.26. The Labute approximate surface area is 134 Å². The van der Waals surface area contributed by atoms with E-state index in [0.717, 1.165) is 14.9 Å². The predicted octanol–water partition coefficient (Wildman–Crippen LogP) is 2.59. The number of nitrogens with zero attached hydrogens (tertiary/aromatic N) is 2. The zero-order chi connectivity index (χ0) is 15.0. The Balaban J connectivity index is 1.79. The molecule has 0 unspecified atom stereocenters. The second-order valence-corrected chi connectivity index (χ2v) is 5.95. The summed E-state index contributed by atoms with van der Waals surface area (Å²) in [5, 5.41) is 2.85. The van der Waals surface area contributed by atoms with Crippen LogP contribution in [0.3, 0.4) is 0 Å². The minimum atomic E-state index is -0.136. The number of aromatic amines is 1. The molecule has 7 heteroatoms. The Morgan fingerprint density at radius 2 is 2.19 bits per heavy atom. The first-order valence-corrected chi connectivity index (χ1v) is 7.43. The lowest BCUT2D eigenvalue weighted by atomic mass is 10.2. The molecule has 0 saturated heterocycles. The van der Waals surface area contributed by atoms with Crippen molar-refractivity contribution in [2.45, 2.75) is 13.5 Å². The van der Waals surface area contributed by atoms with E-state index in [1.54, 1.807) is 19.4 Å². The highest BCUT2D eigenvalue weighted by atomic mass is 127. The van der Waals surface area contributed by atoms with Gasteiger partial charge in [-0.3, -0.25) is 0 Å². The fourth-order valence-corrected chi connectivity index (χ4v) is 2.70. The normalized spacial score (nSPS) is 11.0. The topological polar surface area (TPSA) is 65.1 Å². The molecule has 0 radical (unpaired) electrons. The van der Waals surface area contributed by atoms with Crippen molar-refractivity contribution in [2.24, 2.45) is 7.05 Å². The van der Waals surface area contributed by atoms with Crippen LogP contribution in [0, 0.1) is 10.5 Å². The molecule has 6 nitrogen and oxygen atoms in total. The molecule has 3 rings (SSSR count). The van der Waals surface area contributed by atoms with E-state index in [-0.39, 0.29) is 12.3 Å². The van der Waals surface area contributed by atoms with Gasteiger partial charge in [0.15, 0.2) is 5.76 Å². The minimum absolute atomic E-state index is 0.136. The molecule has 2 aromatic heterocycles. The van der Waals surface area contributed by atoms with Crippen LogP contribution in [0.1, 0.15) is 11.3 Å². The molecule has 2 heterocycles. The van der Waals surface area contributed by atoms with Gasteiger partial charge < -0.3 is 9.15 Å². The van der Waals surface area contributed by atoms with Gasteiger partial charge in [0.2, 0.25) is 0 Å². The fourth-order valence-electron chi connectivity index (χ4n) is 2.06. The molecule has 0 fully saturated rings. The molecule has 3 aromatic rings. The summed E-state index contributed by atoms with van der Waals surface area (Å²) in [6.07, 6.45) is 1.54. The summed E-state index contributed by atoms with van der Waals surface area (Å²) < 4.78 is 15.2. The van der Waals surface area contributed by atoms with Crippen molar-refractivity contribution in [3.05, 3.63) is 55.9 Å². The number of aryl methyl sites for hydroxylation is 2. The molecule has 0 atom stereocenters. The summed E-state index contributed by atoms with van der Waals surface area (Å²) in [5.41, 5.74) is 1.59. The lowest BCUT2D eigenvalue weighted by molar-refractivity contribution is 0.266. The Hall–Kier alpha value is -1.90. The van der Waals surface area contributed by atoms with Gasteiger partial charge in [0.25, 0.3) is 0 Å². The van der Waals surface area contributed by atoms with E-state index in [9.17, 15) is 4.79 Å². The van der Waals surface area contributed by atoms with Crippen LogP contribution >= 0.6 is 22.6 Å². The third-order valence-corrected chi connectivity index (χ3v) is 3.86. The van der Waals surface area contributed by atoms with Crippen molar-refractivity contribution in [2.75, 3.05) is 0 Å². The zero-order valence-corrected chi connectivity index (χ0v) is 13.7. The molecule has 21 heavy (non-hydrogen) atoms. The summed E-state index contributed by atoms with van der Waals surface area (Å²) in [6, 6.07) is 7.70. The van der Waals surface area contributed by atoms with Crippen LogP contribution in [0.4, 0.5) is 0 Å². The summed E-state index contributed by atoms with van der Waals surface area (Å²) in [4.78, 5) is 11.7. The first kappa shape index (κ1) is 14.1. The number of hydrogen-bond donors (Lipinski definition) is 1. The van der Waals surface area contributed by atoms with Crippen molar-refractivity contribution in [3.63, 3.8) is 0 Å². The number of ether oxygens (including phenoxy) is 1. The van der Waals surface area contributed by atoms with E-state index < -0.39 is 0 Å². The van der Waals surface area contributed by atoms with Crippen molar-refractivity contribution < 1.29 is 9.15 Å². The van der Waals surface area contributed by atoms with Gasteiger partial charge in [-0.2, -0.15) is 4.68 Å². The lowest BCUT2D eigenvalue weighted by Crippen LogP contribution is -2.40. The monoisotopic (exact) mass is 399 g/mol. The maximum Gasteiger partial charge on any atom is 0.364 e. The van der Waals surface area contributed by atoms with Crippen LogP contribution in [0.15, 0.2) is 39.7 Å². The number of hydrogen-bond acceptors (Lipinski definition) is 3. The lowest BCUT2D eigenvalue weighted by Gasteiger charge is -2.13. The van der Waals surface area contributed by atoms with Crippen molar-refractivity contribution in [3.8, 4) is 11.4 Å². The van der Waals surface area contributed by atoms with E-state index in [2.05, 4.69) is 33.9 Å². The smallest absolute Gasteiger partial charge is 0.364 e. The quantitative estimate of drug-likeness (QED) is 0.686. The van der Waals surface area contributed by atoms with Crippen molar-refractivity contribution in [1.82, 2.24) is 14.6 Å². The molecule has 110 valence electrons. The third kappa shape index (κ3) is 2.65. The van der Waals surface area contributed by atoms with E-state index in [4.69, 9.17) is 9.15 Å². The summed E-state index contributed by atoms with van der Waals surface area (Å²) in [6.45, 7) is 2.26. The Bertz CT molecular complexity index is 825. The van der Waals surface area contributed by atoms with Crippen molar-refractivity contribution in [1.29, 1.82) is 0 Å². The summed E-state index contributed by atoms with van der Waals surface area (Å²) in [5.74, 6) is 1.40. The number of benzene rings is 1. The number of halogens is 1.